The summed E-state index contributed by atoms with van der Waals surface area (Å²) >= 11 is 0. The maximum atomic E-state index is 12.9. The van der Waals surface area contributed by atoms with Crippen LogP contribution in [0.25, 0.3) is 11.3 Å². The van der Waals surface area contributed by atoms with Crippen LogP contribution >= 0.6 is 0 Å². The van der Waals surface area contributed by atoms with Crippen LogP contribution in [0.3, 0.4) is 0 Å². The molecule has 0 atom stereocenters. The molecular formula is C22H24N4O. The van der Waals surface area contributed by atoms with Gasteiger partial charge < -0.3 is 14.4 Å². The number of anilines is 1. The van der Waals surface area contributed by atoms with Gasteiger partial charge in [0.15, 0.2) is 0 Å². The molecule has 0 saturated heterocycles. The lowest BCUT2D eigenvalue weighted by Gasteiger charge is -2.21. The highest BCUT2D eigenvalue weighted by molar-refractivity contribution is 5.94. The molecule has 0 unspecified atom stereocenters. The maximum absolute atomic E-state index is 12.9. The second-order valence-corrected chi connectivity index (χ2v) is 7.06. The average Bonchev–Trinajstić information content (AvgIpc) is 2.99. The summed E-state index contributed by atoms with van der Waals surface area (Å²) in [6.07, 6.45) is 2.72. The van der Waals surface area contributed by atoms with E-state index in [2.05, 4.69) is 21.7 Å². The number of aromatic nitrogens is 2. The van der Waals surface area contributed by atoms with Crippen LogP contribution in [-0.2, 0) is 13.0 Å². The van der Waals surface area contributed by atoms with Crippen LogP contribution < -0.4 is 4.90 Å². The number of carbonyl (C=O) groups is 1. The molecule has 2 heterocycles. The molecule has 1 amide bonds. The molecule has 0 bridgehead atoms. The molecule has 3 aromatic rings. The number of nitrogens with zero attached hydrogens (tertiary/aromatic N) is 4. The van der Waals surface area contributed by atoms with E-state index in [4.69, 9.17) is 0 Å². The van der Waals surface area contributed by atoms with Gasteiger partial charge in [0.05, 0.1) is 11.9 Å². The van der Waals surface area contributed by atoms with Gasteiger partial charge in [0, 0.05) is 51.4 Å². The quantitative estimate of drug-likeness (QED) is 0.720. The molecule has 1 aliphatic rings. The first-order valence-electron chi connectivity index (χ1n) is 9.30. The third-order valence-electron chi connectivity index (χ3n) is 5.12. The van der Waals surface area contributed by atoms with Crippen LogP contribution in [0.4, 0.5) is 5.69 Å². The number of amides is 1. The summed E-state index contributed by atoms with van der Waals surface area (Å²) in [5.41, 5.74) is 4.11. The molecule has 0 fully saturated rings. The van der Waals surface area contributed by atoms with Crippen LogP contribution in [0.1, 0.15) is 16.2 Å². The SMILES string of the molecule is CN(C)c1ccc(C(=O)N2CCc3ncc(-c4ccccc4)n3CC2)cc1. The molecule has 1 aromatic heterocycles. The first kappa shape index (κ1) is 17.3. The van der Waals surface area contributed by atoms with E-state index in [-0.39, 0.29) is 5.91 Å². The molecule has 27 heavy (non-hydrogen) atoms. The van der Waals surface area contributed by atoms with Crippen molar-refractivity contribution in [3.63, 3.8) is 0 Å². The first-order chi connectivity index (χ1) is 13.1. The second-order valence-electron chi connectivity index (χ2n) is 7.06. The molecular weight excluding hydrogens is 336 g/mol. The van der Waals surface area contributed by atoms with Crippen molar-refractivity contribution in [1.82, 2.24) is 14.5 Å². The van der Waals surface area contributed by atoms with E-state index in [1.807, 2.05) is 72.6 Å². The van der Waals surface area contributed by atoms with E-state index in [9.17, 15) is 4.79 Å². The summed E-state index contributed by atoms with van der Waals surface area (Å²) in [6.45, 7) is 2.15. The van der Waals surface area contributed by atoms with Gasteiger partial charge in [-0.3, -0.25) is 4.79 Å². The highest BCUT2D eigenvalue weighted by atomic mass is 16.2. The predicted molar refractivity (Wildman–Crippen MR) is 108 cm³/mol. The van der Waals surface area contributed by atoms with Crippen LogP contribution in [0, 0.1) is 0 Å². The van der Waals surface area contributed by atoms with Gasteiger partial charge in [-0.2, -0.15) is 0 Å². The number of hydrogen-bond acceptors (Lipinski definition) is 3. The number of hydrogen-bond donors (Lipinski definition) is 0. The standard InChI is InChI=1S/C22H24N4O/c1-24(2)19-10-8-18(9-11-19)22(27)25-13-12-21-23-16-20(26(21)15-14-25)17-6-4-3-5-7-17/h3-11,16H,12-15H2,1-2H3. The van der Waals surface area contributed by atoms with Gasteiger partial charge in [0.1, 0.15) is 5.82 Å². The van der Waals surface area contributed by atoms with E-state index < -0.39 is 0 Å². The Hall–Kier alpha value is -3.08. The predicted octanol–water partition coefficient (Wildman–Crippen LogP) is 3.31. The minimum Gasteiger partial charge on any atom is -0.378 e. The Morgan fingerprint density at radius 2 is 1.70 bits per heavy atom. The number of carbonyl (C=O) groups excluding carboxylic acids is 1. The summed E-state index contributed by atoms with van der Waals surface area (Å²) in [7, 11) is 3.99. The van der Waals surface area contributed by atoms with Crippen molar-refractivity contribution in [3.8, 4) is 11.3 Å². The zero-order chi connectivity index (χ0) is 18.8. The zero-order valence-electron chi connectivity index (χ0n) is 15.8. The lowest BCUT2D eigenvalue weighted by Crippen LogP contribution is -2.33. The third kappa shape index (κ3) is 3.45. The summed E-state index contributed by atoms with van der Waals surface area (Å²) < 4.78 is 2.25. The Balaban J connectivity index is 1.52. The van der Waals surface area contributed by atoms with E-state index in [1.165, 1.54) is 0 Å². The van der Waals surface area contributed by atoms with Gasteiger partial charge in [0.2, 0.25) is 0 Å². The first-order valence-corrected chi connectivity index (χ1v) is 9.30. The van der Waals surface area contributed by atoms with Crippen molar-refractivity contribution in [2.24, 2.45) is 0 Å². The monoisotopic (exact) mass is 360 g/mol. The topological polar surface area (TPSA) is 41.4 Å². The minimum atomic E-state index is 0.0901. The van der Waals surface area contributed by atoms with Crippen LogP contribution in [0.5, 0.6) is 0 Å². The fraction of sp³-hybridized carbons (Fsp3) is 0.273. The van der Waals surface area contributed by atoms with Crippen LogP contribution in [-0.4, -0.2) is 47.5 Å². The molecule has 0 N–H and O–H groups in total. The van der Waals surface area contributed by atoms with E-state index in [0.29, 0.717) is 13.1 Å². The normalized spacial score (nSPS) is 13.8. The Labute approximate surface area is 159 Å². The number of rotatable bonds is 3. The van der Waals surface area contributed by atoms with Crippen molar-refractivity contribution < 1.29 is 4.79 Å². The van der Waals surface area contributed by atoms with Gasteiger partial charge >= 0.3 is 0 Å². The zero-order valence-corrected chi connectivity index (χ0v) is 15.8. The highest BCUT2D eigenvalue weighted by Gasteiger charge is 2.22. The Kier molecular flexibility index (Phi) is 4.67. The summed E-state index contributed by atoms with van der Waals surface area (Å²) in [4.78, 5) is 21.5. The largest absolute Gasteiger partial charge is 0.378 e. The average molecular weight is 360 g/mol. The second kappa shape index (κ2) is 7.27. The fourth-order valence-electron chi connectivity index (χ4n) is 3.56. The molecule has 2 aromatic carbocycles. The Morgan fingerprint density at radius 3 is 2.41 bits per heavy atom. The van der Waals surface area contributed by atoms with E-state index in [0.717, 1.165) is 41.3 Å². The number of fused-ring (bicyclic) bond motifs is 1. The minimum absolute atomic E-state index is 0.0901. The summed E-state index contributed by atoms with van der Waals surface area (Å²) in [6, 6.07) is 18.1. The molecule has 5 nitrogen and oxygen atoms in total. The third-order valence-corrected chi connectivity index (χ3v) is 5.12. The summed E-state index contributed by atoms with van der Waals surface area (Å²) in [5, 5.41) is 0. The number of benzene rings is 2. The van der Waals surface area contributed by atoms with E-state index in [1.54, 1.807) is 0 Å². The van der Waals surface area contributed by atoms with Crippen LogP contribution in [0.2, 0.25) is 0 Å². The molecule has 0 spiro atoms. The van der Waals surface area contributed by atoms with Gasteiger partial charge in [-0.05, 0) is 29.8 Å². The summed E-state index contributed by atoms with van der Waals surface area (Å²) in [5.74, 6) is 1.14. The van der Waals surface area contributed by atoms with Crippen molar-refractivity contribution >= 4 is 11.6 Å². The molecule has 4 rings (SSSR count). The van der Waals surface area contributed by atoms with Crippen LogP contribution in [0.15, 0.2) is 60.8 Å². The lowest BCUT2D eigenvalue weighted by atomic mass is 10.1. The van der Waals surface area contributed by atoms with Gasteiger partial charge in [0.25, 0.3) is 5.91 Å². The molecule has 0 saturated carbocycles. The molecule has 138 valence electrons. The molecule has 0 radical (unpaired) electrons. The van der Waals surface area contributed by atoms with Crippen molar-refractivity contribution in [2.45, 2.75) is 13.0 Å². The van der Waals surface area contributed by atoms with E-state index >= 15 is 0 Å². The molecule has 5 heteroatoms. The fourth-order valence-corrected chi connectivity index (χ4v) is 3.56. The van der Waals surface area contributed by atoms with Crippen molar-refractivity contribution in [3.05, 3.63) is 72.2 Å². The highest BCUT2D eigenvalue weighted by Crippen LogP contribution is 2.23. The maximum Gasteiger partial charge on any atom is 0.253 e. The smallest absolute Gasteiger partial charge is 0.253 e. The molecule has 1 aliphatic heterocycles. The Morgan fingerprint density at radius 1 is 0.963 bits per heavy atom. The van der Waals surface area contributed by atoms with Crippen molar-refractivity contribution in [1.29, 1.82) is 0 Å². The van der Waals surface area contributed by atoms with Gasteiger partial charge in [-0.25, -0.2) is 4.98 Å². The van der Waals surface area contributed by atoms with Gasteiger partial charge in [-0.1, -0.05) is 30.3 Å². The number of imidazole rings is 1. The Bertz CT molecular complexity index is 929. The van der Waals surface area contributed by atoms with Crippen molar-refractivity contribution in [2.75, 3.05) is 32.1 Å². The lowest BCUT2D eigenvalue weighted by molar-refractivity contribution is 0.0759. The molecule has 0 aliphatic carbocycles. The van der Waals surface area contributed by atoms with Gasteiger partial charge in [-0.15, -0.1) is 0 Å².